The van der Waals surface area contributed by atoms with Crippen molar-refractivity contribution in [3.8, 4) is 0 Å². The predicted octanol–water partition coefficient (Wildman–Crippen LogP) is 3.23. The second-order valence-corrected chi connectivity index (χ2v) is 9.51. The Labute approximate surface area is 175 Å². The number of hydrogen-bond acceptors (Lipinski definition) is 5. The van der Waals surface area contributed by atoms with E-state index >= 15 is 0 Å². The van der Waals surface area contributed by atoms with Crippen LogP contribution in [0.4, 0.5) is 0 Å². The van der Waals surface area contributed by atoms with Crippen LogP contribution in [0.2, 0.25) is 0 Å². The van der Waals surface area contributed by atoms with Gasteiger partial charge in [0.05, 0.1) is 13.2 Å². The Morgan fingerprint density at radius 2 is 1.83 bits per heavy atom. The van der Waals surface area contributed by atoms with Crippen molar-refractivity contribution in [3.63, 3.8) is 0 Å². The van der Waals surface area contributed by atoms with Crippen molar-refractivity contribution in [2.75, 3.05) is 31.3 Å². The molecule has 1 fully saturated rings. The maximum Gasteiger partial charge on any atom is 0.253 e. The van der Waals surface area contributed by atoms with Crippen molar-refractivity contribution < 1.29 is 19.1 Å². The van der Waals surface area contributed by atoms with Crippen LogP contribution in [0.3, 0.4) is 0 Å². The molecular formula is C23H27NO4S. The second-order valence-electron chi connectivity index (χ2n) is 8.29. The van der Waals surface area contributed by atoms with E-state index in [1.807, 2.05) is 6.08 Å². The first kappa shape index (κ1) is 20.4. The summed E-state index contributed by atoms with van der Waals surface area (Å²) in [5.41, 5.74) is 5.79. The van der Waals surface area contributed by atoms with E-state index in [1.54, 1.807) is 11.8 Å². The number of nitrogens with zero attached hydrogens (tertiary/aromatic N) is 1. The summed E-state index contributed by atoms with van der Waals surface area (Å²) in [6, 6.07) is 0. The van der Waals surface area contributed by atoms with Gasteiger partial charge in [0.25, 0.3) is 11.8 Å². The van der Waals surface area contributed by atoms with Crippen LogP contribution in [0.25, 0.3) is 0 Å². The number of ether oxygens (including phenoxy) is 1. The molecule has 2 amide bonds. The Balaban J connectivity index is 1.26. The van der Waals surface area contributed by atoms with Crippen molar-refractivity contribution in [3.05, 3.63) is 46.1 Å². The van der Waals surface area contributed by atoms with Crippen molar-refractivity contribution in [2.24, 2.45) is 11.3 Å². The first-order chi connectivity index (χ1) is 13.9. The number of imide groups is 1. The third-order valence-electron chi connectivity index (χ3n) is 6.78. The summed E-state index contributed by atoms with van der Waals surface area (Å²) in [7, 11) is 0. The zero-order valence-electron chi connectivity index (χ0n) is 17.2. The lowest BCUT2D eigenvalue weighted by Crippen LogP contribution is -2.32. The normalized spacial score (nSPS) is 24.9. The Morgan fingerprint density at radius 3 is 2.48 bits per heavy atom. The predicted molar refractivity (Wildman–Crippen MR) is 113 cm³/mol. The number of rotatable bonds is 8. The lowest BCUT2D eigenvalue weighted by Gasteiger charge is -2.32. The van der Waals surface area contributed by atoms with Gasteiger partial charge in [0.2, 0.25) is 0 Å². The maximum absolute atomic E-state index is 12.9. The molecule has 5 nitrogen and oxygen atoms in total. The average Bonchev–Trinajstić information content (AvgIpc) is 3.36. The molecule has 4 aliphatic rings. The minimum Gasteiger partial charge on any atom is -0.376 e. The van der Waals surface area contributed by atoms with Crippen LogP contribution >= 0.6 is 11.8 Å². The number of allylic oxidation sites excluding steroid dienone is 4. The highest BCUT2D eigenvalue weighted by molar-refractivity contribution is 7.99. The van der Waals surface area contributed by atoms with Gasteiger partial charge in [0.1, 0.15) is 0 Å². The molecule has 0 unspecified atom stereocenters. The molecule has 1 heterocycles. The summed E-state index contributed by atoms with van der Waals surface area (Å²) in [5, 5.41) is 0. The highest BCUT2D eigenvalue weighted by atomic mass is 32.2. The third kappa shape index (κ3) is 3.46. The van der Waals surface area contributed by atoms with Crippen LogP contribution in [-0.2, 0) is 19.1 Å². The molecule has 0 aromatic carbocycles. The molecule has 1 spiro atoms. The summed E-state index contributed by atoms with van der Waals surface area (Å²) >= 11 is 1.67. The van der Waals surface area contributed by atoms with Gasteiger partial charge < -0.3 is 4.74 Å². The summed E-state index contributed by atoms with van der Waals surface area (Å²) < 4.78 is 5.93. The first-order valence-electron chi connectivity index (χ1n) is 10.2. The number of carbonyl (C=O) groups excluding carboxylic acids is 3. The van der Waals surface area contributed by atoms with Crippen LogP contribution in [-0.4, -0.2) is 53.8 Å². The van der Waals surface area contributed by atoms with E-state index < -0.39 is 0 Å². The second kappa shape index (κ2) is 7.73. The van der Waals surface area contributed by atoms with Crippen molar-refractivity contribution in [1.82, 2.24) is 4.90 Å². The van der Waals surface area contributed by atoms with E-state index in [-0.39, 0.29) is 28.9 Å². The molecule has 154 valence electrons. The minimum absolute atomic E-state index is 0.0894. The fraction of sp³-hybridized carbons (Fsp3) is 0.522. The van der Waals surface area contributed by atoms with E-state index in [4.69, 9.17) is 4.74 Å². The minimum atomic E-state index is -0.229. The molecule has 0 radical (unpaired) electrons. The highest BCUT2D eigenvalue weighted by Gasteiger charge is 2.56. The number of Topliss-reactive ketones (excluding diaryl/α,β-unsaturated/α-hetero) is 1. The molecule has 0 aromatic rings. The van der Waals surface area contributed by atoms with E-state index in [2.05, 4.69) is 20.8 Å². The summed E-state index contributed by atoms with van der Waals surface area (Å²) in [4.78, 5) is 37.2. The van der Waals surface area contributed by atoms with Gasteiger partial charge in [-0.1, -0.05) is 12.5 Å². The van der Waals surface area contributed by atoms with E-state index in [0.29, 0.717) is 25.5 Å². The van der Waals surface area contributed by atoms with Crippen LogP contribution in [0.15, 0.2) is 46.1 Å². The number of carbonyl (C=O) groups is 3. The topological polar surface area (TPSA) is 63.7 Å². The lowest BCUT2D eigenvalue weighted by atomic mass is 9.70. The molecule has 0 N–H and O–H groups in total. The Hall–Kier alpha value is -1.92. The van der Waals surface area contributed by atoms with Gasteiger partial charge in [-0.3, -0.25) is 19.3 Å². The SMILES string of the molecule is CC1=C(COCCSCCN2C(=O)C=CC2=O)C2=C(C)C3(CC3)[C@H](C)C(=O)C2=C1. The number of thioether (sulfide) groups is 1. The van der Waals surface area contributed by atoms with Crippen molar-refractivity contribution in [1.29, 1.82) is 0 Å². The zero-order chi connectivity index (χ0) is 20.8. The maximum atomic E-state index is 12.9. The molecule has 1 saturated carbocycles. The Kier molecular flexibility index (Phi) is 5.42. The molecule has 4 rings (SSSR count). The number of amides is 2. The molecule has 0 aromatic heterocycles. The van der Waals surface area contributed by atoms with E-state index in [0.717, 1.165) is 40.9 Å². The number of hydrogen-bond donors (Lipinski definition) is 0. The van der Waals surface area contributed by atoms with Gasteiger partial charge in [-0.2, -0.15) is 11.8 Å². The highest BCUT2D eigenvalue weighted by Crippen LogP contribution is 2.63. The third-order valence-corrected chi connectivity index (χ3v) is 7.71. The van der Waals surface area contributed by atoms with Crippen LogP contribution in [0.5, 0.6) is 0 Å². The number of ketones is 1. The molecule has 6 heteroatoms. The molecule has 0 bridgehead atoms. The largest absolute Gasteiger partial charge is 0.376 e. The van der Waals surface area contributed by atoms with Crippen molar-refractivity contribution in [2.45, 2.75) is 33.6 Å². The molecular weight excluding hydrogens is 386 g/mol. The Bertz CT molecular complexity index is 886. The van der Waals surface area contributed by atoms with Gasteiger partial charge in [0, 0.05) is 47.1 Å². The lowest BCUT2D eigenvalue weighted by molar-refractivity contribution is -0.136. The monoisotopic (exact) mass is 413 g/mol. The Morgan fingerprint density at radius 1 is 1.14 bits per heavy atom. The smallest absolute Gasteiger partial charge is 0.253 e. The van der Waals surface area contributed by atoms with Gasteiger partial charge >= 0.3 is 0 Å². The summed E-state index contributed by atoms with van der Waals surface area (Å²) in [5.74, 6) is 1.42. The molecule has 1 aliphatic heterocycles. The van der Waals surface area contributed by atoms with E-state index in [9.17, 15) is 14.4 Å². The summed E-state index contributed by atoms with van der Waals surface area (Å²) in [6.45, 7) is 7.89. The fourth-order valence-electron chi connectivity index (χ4n) is 4.75. The molecule has 0 saturated heterocycles. The average molecular weight is 414 g/mol. The molecule has 29 heavy (non-hydrogen) atoms. The van der Waals surface area contributed by atoms with Gasteiger partial charge in [0.15, 0.2) is 5.78 Å². The quantitative estimate of drug-likeness (QED) is 0.452. The van der Waals surface area contributed by atoms with Gasteiger partial charge in [-0.15, -0.1) is 0 Å². The standard InChI is InChI=1S/C23H27NO4S/c1-14-12-17-21(15(2)23(6-7-23)16(3)22(17)27)18(14)13-28-9-11-29-10-8-24-19(25)4-5-20(24)26/h4-5,12,16H,6-11,13H2,1-3H3/t16-/m1/s1. The number of fused-ring (bicyclic) bond motifs is 1. The molecule has 3 aliphatic carbocycles. The first-order valence-corrected chi connectivity index (χ1v) is 11.4. The van der Waals surface area contributed by atoms with Crippen LogP contribution in [0, 0.1) is 11.3 Å². The zero-order valence-corrected chi connectivity index (χ0v) is 18.1. The fourth-order valence-corrected chi connectivity index (χ4v) is 5.50. The van der Waals surface area contributed by atoms with E-state index in [1.165, 1.54) is 22.6 Å². The van der Waals surface area contributed by atoms with Crippen LogP contribution in [0.1, 0.15) is 33.6 Å². The van der Waals surface area contributed by atoms with Gasteiger partial charge in [-0.25, -0.2) is 0 Å². The van der Waals surface area contributed by atoms with Gasteiger partial charge in [-0.05, 0) is 49.5 Å². The molecule has 1 atom stereocenters. The van der Waals surface area contributed by atoms with Crippen molar-refractivity contribution >= 4 is 29.4 Å². The summed E-state index contributed by atoms with van der Waals surface area (Å²) in [6.07, 6.45) is 6.90. The van der Waals surface area contributed by atoms with Crippen LogP contribution < -0.4 is 0 Å².